The minimum Gasteiger partial charge on any atom is -0.497 e. The van der Waals surface area contributed by atoms with Crippen LogP contribution in [0, 0.1) is 6.92 Å². The van der Waals surface area contributed by atoms with Gasteiger partial charge in [-0.25, -0.2) is 4.99 Å². The third kappa shape index (κ3) is 5.73. The van der Waals surface area contributed by atoms with Crippen molar-refractivity contribution in [3.05, 3.63) is 65.2 Å². The maximum absolute atomic E-state index is 5.66. The van der Waals surface area contributed by atoms with Gasteiger partial charge in [-0.2, -0.15) is 0 Å². The normalized spacial score (nSPS) is 16.3. The Bertz CT molecular complexity index is 779. The van der Waals surface area contributed by atoms with Gasteiger partial charge in [0.05, 0.1) is 13.7 Å². The lowest BCUT2D eigenvalue weighted by Gasteiger charge is -2.38. The summed E-state index contributed by atoms with van der Waals surface area (Å²) in [4.78, 5) is 4.79. The molecule has 0 radical (unpaired) electrons. The van der Waals surface area contributed by atoms with Crippen LogP contribution < -0.4 is 15.4 Å². The molecule has 2 aromatic rings. The van der Waals surface area contributed by atoms with Gasteiger partial charge in [-0.15, -0.1) is 0 Å². The van der Waals surface area contributed by atoms with Crippen molar-refractivity contribution in [1.29, 1.82) is 0 Å². The Balaban J connectivity index is 1.73. The molecule has 0 spiro atoms. The van der Waals surface area contributed by atoms with Gasteiger partial charge < -0.3 is 20.1 Å². The van der Waals surface area contributed by atoms with Gasteiger partial charge in [-0.1, -0.05) is 42.0 Å². The minimum absolute atomic E-state index is 0.0323. The summed E-state index contributed by atoms with van der Waals surface area (Å²) in [6.07, 6.45) is 1.98. The number of nitrogens with one attached hydrogen (secondary N) is 2. The molecule has 29 heavy (non-hydrogen) atoms. The van der Waals surface area contributed by atoms with Crippen molar-refractivity contribution in [2.75, 3.05) is 33.4 Å². The van der Waals surface area contributed by atoms with Gasteiger partial charge in [0, 0.05) is 31.7 Å². The van der Waals surface area contributed by atoms with E-state index in [2.05, 4.69) is 60.9 Å². The molecule has 0 bridgehead atoms. The predicted octanol–water partition coefficient (Wildman–Crippen LogP) is 3.81. The SMILES string of the molecule is CCNC(=NCc1ccc(C)cc1)NCC1(c2ccc(OC)cc2)CCOCC1. The highest BCUT2D eigenvalue weighted by atomic mass is 16.5. The van der Waals surface area contributed by atoms with Crippen LogP contribution in [0.5, 0.6) is 5.75 Å². The highest BCUT2D eigenvalue weighted by Crippen LogP contribution is 2.35. The number of rotatable bonds is 7. The molecule has 0 aromatic heterocycles. The van der Waals surface area contributed by atoms with Crippen LogP contribution >= 0.6 is 0 Å². The molecule has 2 N–H and O–H groups in total. The summed E-state index contributed by atoms with van der Waals surface area (Å²) in [5.41, 5.74) is 3.83. The fourth-order valence-corrected chi connectivity index (χ4v) is 3.73. The lowest BCUT2D eigenvalue weighted by molar-refractivity contribution is 0.0513. The first-order chi connectivity index (χ1) is 14.1. The molecular weight excluding hydrogens is 362 g/mol. The van der Waals surface area contributed by atoms with Crippen LogP contribution in [0.4, 0.5) is 0 Å². The van der Waals surface area contributed by atoms with E-state index in [-0.39, 0.29) is 5.41 Å². The van der Waals surface area contributed by atoms with E-state index >= 15 is 0 Å². The third-order valence-electron chi connectivity index (χ3n) is 5.63. The van der Waals surface area contributed by atoms with E-state index in [1.807, 2.05) is 12.1 Å². The standard InChI is InChI=1S/C24H33N3O2/c1-4-25-23(26-17-20-7-5-19(2)6-8-20)27-18-24(13-15-29-16-14-24)21-9-11-22(28-3)12-10-21/h5-12H,4,13-18H2,1-3H3,(H2,25,26,27). The fraction of sp³-hybridized carbons (Fsp3) is 0.458. The third-order valence-corrected chi connectivity index (χ3v) is 5.63. The van der Waals surface area contributed by atoms with Gasteiger partial charge in [0.15, 0.2) is 5.96 Å². The molecule has 2 aromatic carbocycles. The lowest BCUT2D eigenvalue weighted by Crippen LogP contribution is -2.48. The average Bonchev–Trinajstić information content (AvgIpc) is 2.77. The molecule has 3 rings (SSSR count). The summed E-state index contributed by atoms with van der Waals surface area (Å²) < 4.78 is 11.0. The molecule has 0 unspecified atom stereocenters. The molecule has 5 nitrogen and oxygen atoms in total. The van der Waals surface area contributed by atoms with E-state index in [0.29, 0.717) is 6.54 Å². The maximum Gasteiger partial charge on any atom is 0.191 e. The fourth-order valence-electron chi connectivity index (χ4n) is 3.73. The van der Waals surface area contributed by atoms with Crippen LogP contribution in [-0.2, 0) is 16.7 Å². The summed E-state index contributed by atoms with van der Waals surface area (Å²) in [5.74, 6) is 1.74. The van der Waals surface area contributed by atoms with E-state index in [0.717, 1.165) is 50.9 Å². The van der Waals surface area contributed by atoms with Crippen LogP contribution in [0.1, 0.15) is 36.5 Å². The van der Waals surface area contributed by atoms with E-state index in [9.17, 15) is 0 Å². The molecule has 0 atom stereocenters. The summed E-state index contributed by atoms with van der Waals surface area (Å²) in [7, 11) is 1.70. The molecule has 1 aliphatic rings. The van der Waals surface area contributed by atoms with Gasteiger partial charge in [0.1, 0.15) is 5.75 Å². The number of guanidine groups is 1. The van der Waals surface area contributed by atoms with E-state index in [1.54, 1.807) is 7.11 Å². The van der Waals surface area contributed by atoms with Gasteiger partial charge in [-0.05, 0) is 49.9 Å². The van der Waals surface area contributed by atoms with Crippen LogP contribution in [0.3, 0.4) is 0 Å². The highest BCUT2D eigenvalue weighted by Gasteiger charge is 2.34. The number of ether oxygens (including phenoxy) is 2. The van der Waals surface area contributed by atoms with E-state index < -0.39 is 0 Å². The Hall–Kier alpha value is -2.53. The average molecular weight is 396 g/mol. The molecule has 0 aliphatic carbocycles. The molecule has 156 valence electrons. The van der Waals surface area contributed by atoms with Crippen LogP contribution in [-0.4, -0.2) is 39.4 Å². The van der Waals surface area contributed by atoms with Crippen molar-refractivity contribution < 1.29 is 9.47 Å². The van der Waals surface area contributed by atoms with Crippen molar-refractivity contribution in [2.45, 2.75) is 38.6 Å². The molecular formula is C24H33N3O2. The van der Waals surface area contributed by atoms with Crippen molar-refractivity contribution in [3.8, 4) is 5.75 Å². The highest BCUT2D eigenvalue weighted by molar-refractivity contribution is 5.79. The molecule has 0 saturated carbocycles. The Labute approximate surface area is 174 Å². The van der Waals surface area contributed by atoms with Crippen molar-refractivity contribution in [1.82, 2.24) is 10.6 Å². The van der Waals surface area contributed by atoms with Crippen molar-refractivity contribution >= 4 is 5.96 Å². The molecule has 1 heterocycles. The zero-order chi connectivity index (χ0) is 20.5. The van der Waals surface area contributed by atoms with Crippen LogP contribution in [0.2, 0.25) is 0 Å². The summed E-state index contributed by atoms with van der Waals surface area (Å²) in [6.45, 7) is 8.08. The van der Waals surface area contributed by atoms with Crippen LogP contribution in [0.15, 0.2) is 53.5 Å². The number of nitrogens with zero attached hydrogens (tertiary/aromatic N) is 1. The van der Waals surface area contributed by atoms with Gasteiger partial charge in [0.25, 0.3) is 0 Å². The second kappa shape index (κ2) is 10.3. The van der Waals surface area contributed by atoms with Gasteiger partial charge in [-0.3, -0.25) is 0 Å². The molecule has 1 aliphatic heterocycles. The second-order valence-corrected chi connectivity index (χ2v) is 7.66. The monoisotopic (exact) mass is 395 g/mol. The number of aryl methyl sites for hydroxylation is 1. The number of benzene rings is 2. The Morgan fingerprint density at radius 3 is 2.34 bits per heavy atom. The van der Waals surface area contributed by atoms with Crippen LogP contribution in [0.25, 0.3) is 0 Å². The molecule has 1 fully saturated rings. The maximum atomic E-state index is 5.66. The summed E-state index contributed by atoms with van der Waals surface area (Å²) in [5, 5.41) is 6.97. The Morgan fingerprint density at radius 2 is 1.72 bits per heavy atom. The predicted molar refractivity (Wildman–Crippen MR) is 119 cm³/mol. The quantitative estimate of drug-likeness (QED) is 0.553. The summed E-state index contributed by atoms with van der Waals surface area (Å²) in [6, 6.07) is 17.0. The van der Waals surface area contributed by atoms with Gasteiger partial charge >= 0.3 is 0 Å². The molecule has 1 saturated heterocycles. The first-order valence-electron chi connectivity index (χ1n) is 10.5. The second-order valence-electron chi connectivity index (χ2n) is 7.66. The van der Waals surface area contributed by atoms with Crippen molar-refractivity contribution in [3.63, 3.8) is 0 Å². The van der Waals surface area contributed by atoms with Crippen molar-refractivity contribution in [2.24, 2.45) is 4.99 Å². The zero-order valence-electron chi connectivity index (χ0n) is 17.8. The summed E-state index contributed by atoms with van der Waals surface area (Å²) >= 11 is 0. The topological polar surface area (TPSA) is 54.9 Å². The molecule has 5 heteroatoms. The minimum atomic E-state index is 0.0323. The van der Waals surface area contributed by atoms with E-state index in [1.165, 1.54) is 16.7 Å². The first kappa shape index (κ1) is 21.2. The zero-order valence-corrected chi connectivity index (χ0v) is 17.8. The van der Waals surface area contributed by atoms with E-state index in [4.69, 9.17) is 14.5 Å². The number of aliphatic imine (C=N–C) groups is 1. The lowest BCUT2D eigenvalue weighted by atomic mass is 9.74. The smallest absolute Gasteiger partial charge is 0.191 e. The Morgan fingerprint density at radius 1 is 1.03 bits per heavy atom. The molecule has 0 amide bonds. The largest absolute Gasteiger partial charge is 0.497 e. The number of hydrogen-bond donors (Lipinski definition) is 2. The first-order valence-corrected chi connectivity index (χ1v) is 10.5. The number of methoxy groups -OCH3 is 1. The number of hydrogen-bond acceptors (Lipinski definition) is 3. The Kier molecular flexibility index (Phi) is 7.53. The van der Waals surface area contributed by atoms with Gasteiger partial charge in [0.2, 0.25) is 0 Å².